The van der Waals surface area contributed by atoms with Crippen molar-refractivity contribution in [3.63, 3.8) is 0 Å². The maximum atomic E-state index is 5.34. The van der Waals surface area contributed by atoms with E-state index in [9.17, 15) is 0 Å². The van der Waals surface area contributed by atoms with Gasteiger partial charge in [0.2, 0.25) is 0 Å². The Morgan fingerprint density at radius 3 is 3.15 bits per heavy atom. The van der Waals surface area contributed by atoms with Gasteiger partial charge in [0, 0.05) is 43.8 Å². The van der Waals surface area contributed by atoms with Crippen LogP contribution in [0.3, 0.4) is 0 Å². The van der Waals surface area contributed by atoms with Gasteiger partial charge in [-0.15, -0.1) is 11.3 Å². The lowest BCUT2D eigenvalue weighted by molar-refractivity contribution is 0.143. The molecule has 0 amide bonds. The molecule has 4 heteroatoms. The average Bonchev–Trinajstić information content (AvgIpc) is 2.93. The van der Waals surface area contributed by atoms with Crippen LogP contribution in [-0.2, 0) is 11.2 Å². The lowest BCUT2D eigenvalue weighted by Crippen LogP contribution is -2.38. The molecule has 0 spiro atoms. The van der Waals surface area contributed by atoms with Crippen molar-refractivity contribution in [3.8, 4) is 0 Å². The predicted molar refractivity (Wildman–Crippen MR) is 86.6 cm³/mol. The number of rotatable bonds is 9. The van der Waals surface area contributed by atoms with Crippen LogP contribution in [0.5, 0.6) is 0 Å². The van der Waals surface area contributed by atoms with Crippen LogP contribution < -0.4 is 5.32 Å². The van der Waals surface area contributed by atoms with E-state index in [1.807, 2.05) is 11.3 Å². The standard InChI is InChI=1S/C16H28N2OS/c1-3-19-12-5-4-8-17-9-11-18-10-6-16-15(14(18)2)7-13-20-16/h7,13-14,17H,3-6,8-12H2,1-2H3. The molecule has 1 aromatic heterocycles. The number of fused-ring (bicyclic) bond motifs is 1. The molecule has 1 N–H and O–H groups in total. The molecule has 0 fully saturated rings. The first-order valence-electron chi connectivity index (χ1n) is 7.91. The van der Waals surface area contributed by atoms with Gasteiger partial charge in [-0.2, -0.15) is 0 Å². The summed E-state index contributed by atoms with van der Waals surface area (Å²) in [5.41, 5.74) is 1.55. The summed E-state index contributed by atoms with van der Waals surface area (Å²) in [4.78, 5) is 4.19. The second-order valence-electron chi connectivity index (χ2n) is 5.42. The quantitative estimate of drug-likeness (QED) is 0.709. The van der Waals surface area contributed by atoms with E-state index in [2.05, 4.69) is 35.5 Å². The number of nitrogens with zero attached hydrogens (tertiary/aromatic N) is 1. The van der Waals surface area contributed by atoms with Gasteiger partial charge in [0.15, 0.2) is 0 Å². The van der Waals surface area contributed by atoms with Crippen molar-refractivity contribution in [1.29, 1.82) is 0 Å². The molecule has 2 rings (SSSR count). The zero-order valence-corrected chi connectivity index (χ0v) is 13.7. The van der Waals surface area contributed by atoms with Gasteiger partial charge in [-0.25, -0.2) is 0 Å². The second-order valence-corrected chi connectivity index (χ2v) is 6.42. The van der Waals surface area contributed by atoms with Crippen molar-refractivity contribution in [2.24, 2.45) is 0 Å². The maximum absolute atomic E-state index is 5.34. The molecule has 0 saturated heterocycles. The van der Waals surface area contributed by atoms with Crippen LogP contribution >= 0.6 is 11.3 Å². The van der Waals surface area contributed by atoms with Gasteiger partial charge in [0.25, 0.3) is 0 Å². The molecule has 2 heterocycles. The fourth-order valence-electron chi connectivity index (χ4n) is 2.81. The van der Waals surface area contributed by atoms with Crippen molar-refractivity contribution in [2.45, 2.75) is 39.2 Å². The SMILES string of the molecule is CCOCCCCNCCN1CCc2sccc2C1C. The van der Waals surface area contributed by atoms with Crippen LogP contribution in [0.4, 0.5) is 0 Å². The molecular weight excluding hydrogens is 268 g/mol. The van der Waals surface area contributed by atoms with E-state index in [0.29, 0.717) is 6.04 Å². The van der Waals surface area contributed by atoms with E-state index in [4.69, 9.17) is 4.74 Å². The molecule has 1 aliphatic heterocycles. The Morgan fingerprint density at radius 2 is 2.30 bits per heavy atom. The minimum absolute atomic E-state index is 0.588. The molecule has 3 nitrogen and oxygen atoms in total. The van der Waals surface area contributed by atoms with Crippen LogP contribution in [-0.4, -0.2) is 44.3 Å². The van der Waals surface area contributed by atoms with Gasteiger partial charge >= 0.3 is 0 Å². The molecule has 0 radical (unpaired) electrons. The Hall–Kier alpha value is -0.420. The summed E-state index contributed by atoms with van der Waals surface area (Å²) in [7, 11) is 0. The van der Waals surface area contributed by atoms with Crippen molar-refractivity contribution in [1.82, 2.24) is 10.2 Å². The lowest BCUT2D eigenvalue weighted by atomic mass is 10.0. The van der Waals surface area contributed by atoms with Crippen LogP contribution in [0.25, 0.3) is 0 Å². The Morgan fingerprint density at radius 1 is 1.40 bits per heavy atom. The summed E-state index contributed by atoms with van der Waals surface area (Å²) in [6.07, 6.45) is 3.61. The molecule has 1 unspecified atom stereocenters. The molecule has 0 bridgehead atoms. The van der Waals surface area contributed by atoms with E-state index < -0.39 is 0 Å². The summed E-state index contributed by atoms with van der Waals surface area (Å²) in [6, 6.07) is 2.89. The Bertz CT molecular complexity index is 380. The van der Waals surface area contributed by atoms with Crippen molar-refractivity contribution < 1.29 is 4.74 Å². The zero-order chi connectivity index (χ0) is 14.2. The highest BCUT2D eigenvalue weighted by molar-refractivity contribution is 7.10. The van der Waals surface area contributed by atoms with Gasteiger partial charge in [-0.3, -0.25) is 4.90 Å². The zero-order valence-electron chi connectivity index (χ0n) is 12.9. The first kappa shape index (κ1) is 16.0. The number of thiophene rings is 1. The van der Waals surface area contributed by atoms with E-state index in [1.165, 1.54) is 25.8 Å². The molecule has 1 aliphatic rings. The monoisotopic (exact) mass is 296 g/mol. The average molecular weight is 296 g/mol. The van der Waals surface area contributed by atoms with E-state index in [0.717, 1.165) is 32.8 Å². The van der Waals surface area contributed by atoms with Gasteiger partial charge in [-0.05, 0) is 56.7 Å². The Labute approximate surface area is 127 Å². The summed E-state index contributed by atoms with van der Waals surface area (Å²) in [6.45, 7) is 10.7. The van der Waals surface area contributed by atoms with Gasteiger partial charge in [0.1, 0.15) is 0 Å². The number of hydrogen-bond acceptors (Lipinski definition) is 4. The third-order valence-corrected chi connectivity index (χ3v) is 5.07. The van der Waals surface area contributed by atoms with Crippen LogP contribution in [0, 0.1) is 0 Å². The Kier molecular flexibility index (Phi) is 7.00. The fraction of sp³-hybridized carbons (Fsp3) is 0.750. The number of nitrogens with one attached hydrogen (secondary N) is 1. The number of unbranched alkanes of at least 4 members (excludes halogenated alkanes) is 1. The first-order valence-corrected chi connectivity index (χ1v) is 8.79. The smallest absolute Gasteiger partial charge is 0.0466 e. The third-order valence-electron chi connectivity index (χ3n) is 4.08. The number of hydrogen-bond donors (Lipinski definition) is 1. The topological polar surface area (TPSA) is 24.5 Å². The molecular formula is C16H28N2OS. The van der Waals surface area contributed by atoms with Gasteiger partial charge < -0.3 is 10.1 Å². The van der Waals surface area contributed by atoms with Crippen molar-refractivity contribution in [2.75, 3.05) is 39.4 Å². The summed E-state index contributed by atoms with van der Waals surface area (Å²) >= 11 is 1.92. The highest BCUT2D eigenvalue weighted by Crippen LogP contribution is 2.32. The molecule has 0 saturated carbocycles. The van der Waals surface area contributed by atoms with Gasteiger partial charge in [-0.1, -0.05) is 0 Å². The predicted octanol–water partition coefficient (Wildman–Crippen LogP) is 3.07. The Balaban J connectivity index is 1.57. The minimum atomic E-state index is 0.588. The molecule has 1 atom stereocenters. The van der Waals surface area contributed by atoms with E-state index >= 15 is 0 Å². The largest absolute Gasteiger partial charge is 0.382 e. The summed E-state index contributed by atoms with van der Waals surface area (Å²) in [5, 5.41) is 5.79. The molecule has 0 aromatic carbocycles. The lowest BCUT2D eigenvalue weighted by Gasteiger charge is -2.33. The van der Waals surface area contributed by atoms with Crippen LogP contribution in [0.1, 0.15) is 43.2 Å². The van der Waals surface area contributed by atoms with Crippen LogP contribution in [0.2, 0.25) is 0 Å². The van der Waals surface area contributed by atoms with E-state index in [-0.39, 0.29) is 0 Å². The molecule has 20 heavy (non-hydrogen) atoms. The first-order chi connectivity index (χ1) is 9.83. The summed E-state index contributed by atoms with van der Waals surface area (Å²) < 4.78 is 5.34. The summed E-state index contributed by atoms with van der Waals surface area (Å²) in [5.74, 6) is 0. The minimum Gasteiger partial charge on any atom is -0.382 e. The van der Waals surface area contributed by atoms with Crippen LogP contribution in [0.15, 0.2) is 11.4 Å². The normalized spacial score (nSPS) is 19.2. The highest BCUT2D eigenvalue weighted by Gasteiger charge is 2.23. The third kappa shape index (κ3) is 4.55. The van der Waals surface area contributed by atoms with Crippen molar-refractivity contribution >= 4 is 11.3 Å². The van der Waals surface area contributed by atoms with Gasteiger partial charge in [0.05, 0.1) is 0 Å². The molecule has 0 aliphatic carbocycles. The fourth-order valence-corrected chi connectivity index (χ4v) is 3.78. The number of ether oxygens (including phenoxy) is 1. The second kappa shape index (κ2) is 8.78. The maximum Gasteiger partial charge on any atom is 0.0466 e. The van der Waals surface area contributed by atoms with E-state index in [1.54, 1.807) is 10.4 Å². The molecule has 1 aromatic rings. The molecule has 114 valence electrons. The van der Waals surface area contributed by atoms with Crippen molar-refractivity contribution in [3.05, 3.63) is 21.9 Å². The highest BCUT2D eigenvalue weighted by atomic mass is 32.1.